The fourth-order valence-corrected chi connectivity index (χ4v) is 6.69. The molecule has 3 aliphatic rings. The summed E-state index contributed by atoms with van der Waals surface area (Å²) in [6, 6.07) is 12.8. The molecule has 0 amide bonds. The largest absolute Gasteiger partial charge is 0.416 e. The van der Waals surface area contributed by atoms with Gasteiger partial charge in [0.15, 0.2) is 0 Å². The van der Waals surface area contributed by atoms with Gasteiger partial charge in [-0.25, -0.2) is 15.0 Å². The number of aromatic nitrogens is 3. The van der Waals surface area contributed by atoms with E-state index in [1.165, 1.54) is 37.8 Å². The highest BCUT2D eigenvalue weighted by molar-refractivity contribution is 5.84. The molecule has 3 fully saturated rings. The molecule has 2 aromatic carbocycles. The van der Waals surface area contributed by atoms with E-state index in [0.717, 1.165) is 72.8 Å². The third kappa shape index (κ3) is 7.64. The number of rotatable bonds is 11. The minimum atomic E-state index is -4.42. The van der Waals surface area contributed by atoms with E-state index in [2.05, 4.69) is 52.9 Å². The maximum Gasteiger partial charge on any atom is 0.416 e. The number of likely N-dealkylation sites (N-methyl/N-ethyl adjacent to an activating group) is 1. The Morgan fingerprint density at radius 2 is 1.51 bits per heavy atom. The molecule has 0 N–H and O–H groups in total. The molecular weight excluding hydrogens is 599 g/mol. The summed E-state index contributed by atoms with van der Waals surface area (Å²) in [6.45, 7) is 10.2. The van der Waals surface area contributed by atoms with E-state index in [9.17, 15) is 13.2 Å². The topological polar surface area (TPSA) is 51.6 Å². The normalized spacial score (nSPS) is 17.4. The Labute approximate surface area is 275 Å². The Morgan fingerprint density at radius 1 is 0.830 bits per heavy atom. The number of hydrogen-bond donors (Lipinski definition) is 0. The SMILES string of the molecule is Cc1cc(CN(Cc2cc3cccc(C)c3nc2N(CC2CC2)CC2CC2)c2ncc(N3CCN(C)CC3)cn2)cc(C(F)(F)F)c1. The van der Waals surface area contributed by atoms with E-state index in [1.807, 2.05) is 23.4 Å². The lowest BCUT2D eigenvalue weighted by molar-refractivity contribution is -0.137. The van der Waals surface area contributed by atoms with Crippen molar-refractivity contribution in [3.8, 4) is 0 Å². The number of para-hydroxylation sites is 1. The molecule has 0 spiro atoms. The number of nitrogens with zero attached hydrogens (tertiary/aromatic N) is 7. The molecule has 0 unspecified atom stereocenters. The predicted octanol–water partition coefficient (Wildman–Crippen LogP) is 7.25. The van der Waals surface area contributed by atoms with Gasteiger partial charge < -0.3 is 19.6 Å². The number of aryl methyl sites for hydroxylation is 2. The summed E-state index contributed by atoms with van der Waals surface area (Å²) in [5.41, 5.74) is 4.64. The van der Waals surface area contributed by atoms with Gasteiger partial charge in [0.05, 0.1) is 29.2 Å². The summed E-state index contributed by atoms with van der Waals surface area (Å²) >= 11 is 0. The van der Waals surface area contributed by atoms with Crippen LogP contribution in [0.15, 0.2) is 54.9 Å². The maximum atomic E-state index is 13.9. The highest BCUT2D eigenvalue weighted by atomic mass is 19.4. The van der Waals surface area contributed by atoms with Crippen molar-refractivity contribution >= 4 is 28.4 Å². The average Bonchev–Trinajstić information content (AvgIpc) is 3.98. The summed E-state index contributed by atoms with van der Waals surface area (Å²) < 4.78 is 41.6. The van der Waals surface area contributed by atoms with Gasteiger partial charge in [0, 0.05) is 63.3 Å². The van der Waals surface area contributed by atoms with Gasteiger partial charge in [0.25, 0.3) is 0 Å². The number of hydrogen-bond acceptors (Lipinski definition) is 7. The lowest BCUT2D eigenvalue weighted by Crippen LogP contribution is -2.44. The number of fused-ring (bicyclic) bond motifs is 1. The minimum absolute atomic E-state index is 0.231. The number of anilines is 3. The van der Waals surface area contributed by atoms with Crippen LogP contribution >= 0.6 is 0 Å². The molecule has 0 atom stereocenters. The van der Waals surface area contributed by atoms with Gasteiger partial charge in [-0.1, -0.05) is 29.8 Å². The quantitative estimate of drug-likeness (QED) is 0.171. The molecule has 47 heavy (non-hydrogen) atoms. The molecule has 3 heterocycles. The van der Waals surface area contributed by atoms with Gasteiger partial charge in [-0.3, -0.25) is 0 Å². The zero-order valence-corrected chi connectivity index (χ0v) is 27.6. The van der Waals surface area contributed by atoms with E-state index in [0.29, 0.717) is 35.5 Å². The predicted molar refractivity (Wildman–Crippen MR) is 182 cm³/mol. The van der Waals surface area contributed by atoms with Crippen molar-refractivity contribution in [1.29, 1.82) is 0 Å². The molecule has 2 aromatic heterocycles. The molecule has 4 aromatic rings. The van der Waals surface area contributed by atoms with Gasteiger partial charge in [-0.2, -0.15) is 13.2 Å². The first-order valence-electron chi connectivity index (χ1n) is 16.9. The number of alkyl halides is 3. The standard InChI is InChI=1S/C37H44F3N7/c1-25-15-29(17-32(16-25)37(38,39)40)23-47(36-41-19-33(20-42-36)45-13-11-44(3)12-14-45)24-31-18-30-6-4-5-26(2)34(30)43-35(31)46(21-27-7-8-27)22-28-9-10-28/h4-6,15-20,27-28H,7-14,21-24H2,1-3H3. The van der Waals surface area contributed by atoms with Crippen LogP contribution in [0.5, 0.6) is 0 Å². The first kappa shape index (κ1) is 31.7. The number of halogens is 3. The van der Waals surface area contributed by atoms with E-state index in [4.69, 9.17) is 15.0 Å². The summed E-state index contributed by atoms with van der Waals surface area (Å²) in [5.74, 6) is 2.84. The Kier molecular flexibility index (Phi) is 8.72. The first-order chi connectivity index (χ1) is 22.6. The molecule has 7 rings (SSSR count). The van der Waals surface area contributed by atoms with Crippen LogP contribution in [0.4, 0.5) is 30.6 Å². The number of piperazine rings is 1. The van der Waals surface area contributed by atoms with Gasteiger partial charge in [-0.05, 0) is 87.7 Å². The van der Waals surface area contributed by atoms with Crippen LogP contribution in [0.25, 0.3) is 10.9 Å². The molecule has 2 aliphatic carbocycles. The maximum absolute atomic E-state index is 13.9. The Hall–Kier alpha value is -3.92. The fraction of sp³-hybridized carbons (Fsp3) is 0.486. The second kappa shape index (κ2) is 12.9. The number of pyridine rings is 1. The number of benzene rings is 2. The van der Waals surface area contributed by atoms with E-state index in [-0.39, 0.29) is 6.54 Å². The summed E-state index contributed by atoms with van der Waals surface area (Å²) in [7, 11) is 2.12. The molecule has 1 saturated heterocycles. The van der Waals surface area contributed by atoms with Gasteiger partial charge in [-0.15, -0.1) is 0 Å². The second-order valence-electron chi connectivity index (χ2n) is 14.0. The van der Waals surface area contributed by atoms with Crippen molar-refractivity contribution in [2.75, 3.05) is 61.0 Å². The van der Waals surface area contributed by atoms with Crippen LogP contribution in [0.1, 0.15) is 53.5 Å². The monoisotopic (exact) mass is 643 g/mol. The summed E-state index contributed by atoms with van der Waals surface area (Å²) in [5, 5.41) is 1.06. The zero-order valence-electron chi connectivity index (χ0n) is 27.6. The molecular formula is C37H44F3N7. The highest BCUT2D eigenvalue weighted by Gasteiger charge is 2.33. The average molecular weight is 644 g/mol. The highest BCUT2D eigenvalue weighted by Crippen LogP contribution is 2.38. The third-order valence-corrected chi connectivity index (χ3v) is 9.73. The Morgan fingerprint density at radius 3 is 2.15 bits per heavy atom. The van der Waals surface area contributed by atoms with E-state index >= 15 is 0 Å². The third-order valence-electron chi connectivity index (χ3n) is 9.73. The zero-order chi connectivity index (χ0) is 32.7. The van der Waals surface area contributed by atoms with Crippen molar-refractivity contribution in [1.82, 2.24) is 19.9 Å². The van der Waals surface area contributed by atoms with Crippen molar-refractivity contribution in [3.05, 3.63) is 82.7 Å². The van der Waals surface area contributed by atoms with Crippen LogP contribution in [0.3, 0.4) is 0 Å². The van der Waals surface area contributed by atoms with E-state index in [1.54, 1.807) is 6.92 Å². The van der Waals surface area contributed by atoms with Crippen LogP contribution < -0.4 is 14.7 Å². The Bertz CT molecular complexity index is 1690. The van der Waals surface area contributed by atoms with Crippen molar-refractivity contribution in [3.63, 3.8) is 0 Å². The summed E-state index contributed by atoms with van der Waals surface area (Å²) in [6.07, 6.45) is 4.27. The van der Waals surface area contributed by atoms with Crippen LogP contribution in [0, 0.1) is 25.7 Å². The van der Waals surface area contributed by atoms with Crippen LogP contribution in [-0.4, -0.2) is 66.2 Å². The molecule has 0 radical (unpaired) electrons. The lowest BCUT2D eigenvalue weighted by Gasteiger charge is -2.34. The molecule has 2 saturated carbocycles. The molecule has 248 valence electrons. The molecule has 1 aliphatic heterocycles. The smallest absolute Gasteiger partial charge is 0.366 e. The van der Waals surface area contributed by atoms with Gasteiger partial charge >= 0.3 is 6.18 Å². The van der Waals surface area contributed by atoms with Gasteiger partial charge in [0.2, 0.25) is 5.95 Å². The van der Waals surface area contributed by atoms with Crippen LogP contribution in [0.2, 0.25) is 0 Å². The lowest BCUT2D eigenvalue weighted by atomic mass is 10.0. The second-order valence-corrected chi connectivity index (χ2v) is 14.0. The Balaban J connectivity index is 1.28. The summed E-state index contributed by atoms with van der Waals surface area (Å²) in [4.78, 5) is 24.1. The minimum Gasteiger partial charge on any atom is -0.366 e. The van der Waals surface area contributed by atoms with Crippen LogP contribution in [-0.2, 0) is 19.3 Å². The van der Waals surface area contributed by atoms with Gasteiger partial charge in [0.1, 0.15) is 5.82 Å². The van der Waals surface area contributed by atoms with Crippen molar-refractivity contribution < 1.29 is 13.2 Å². The first-order valence-corrected chi connectivity index (χ1v) is 16.9. The van der Waals surface area contributed by atoms with Crippen molar-refractivity contribution in [2.24, 2.45) is 11.8 Å². The molecule has 0 bridgehead atoms. The molecule has 10 heteroatoms. The molecule has 7 nitrogen and oxygen atoms in total. The fourth-order valence-electron chi connectivity index (χ4n) is 6.69. The van der Waals surface area contributed by atoms with E-state index < -0.39 is 11.7 Å². The van der Waals surface area contributed by atoms with Crippen molar-refractivity contribution in [2.45, 2.75) is 58.8 Å².